The molecule has 0 heterocycles. The predicted octanol–water partition coefficient (Wildman–Crippen LogP) is 2.54. The van der Waals surface area contributed by atoms with Crippen LogP contribution >= 0.6 is 0 Å². The molecule has 2 rings (SSSR count). The summed E-state index contributed by atoms with van der Waals surface area (Å²) < 4.78 is 18.3. The van der Waals surface area contributed by atoms with Gasteiger partial charge in [-0.2, -0.15) is 0 Å². The minimum atomic E-state index is -0.841. The topological polar surface area (TPSA) is 98.5 Å². The van der Waals surface area contributed by atoms with Crippen LogP contribution in [0.1, 0.15) is 43.0 Å². The molecule has 0 radical (unpaired) electrons. The third kappa shape index (κ3) is 4.24. The van der Waals surface area contributed by atoms with Gasteiger partial charge in [-0.1, -0.05) is 12.8 Å². The number of nitrogens with one attached hydrogen (secondary N) is 1. The standard InChI is InChI=1S/C15H17FN2O5/c1-9(19)23-15(10-4-2-3-5-10)17-14(20)12-7-6-11(16)8-13(12)18(21)22/h6-8,10,15H,2-5H2,1H3,(H,17,20). The van der Waals surface area contributed by atoms with Gasteiger partial charge in [0.2, 0.25) is 0 Å². The molecule has 1 amide bonds. The quantitative estimate of drug-likeness (QED) is 0.388. The number of benzene rings is 1. The number of nitro groups is 1. The Kier molecular flexibility index (Phi) is 5.25. The summed E-state index contributed by atoms with van der Waals surface area (Å²) in [4.78, 5) is 33.7. The first-order chi connectivity index (χ1) is 10.9. The van der Waals surface area contributed by atoms with Gasteiger partial charge in [-0.25, -0.2) is 4.39 Å². The van der Waals surface area contributed by atoms with E-state index in [-0.39, 0.29) is 11.5 Å². The Balaban J connectivity index is 2.21. The van der Waals surface area contributed by atoms with Crippen molar-refractivity contribution < 1.29 is 23.6 Å². The van der Waals surface area contributed by atoms with E-state index in [1.54, 1.807) is 0 Å². The van der Waals surface area contributed by atoms with Crippen LogP contribution < -0.4 is 5.32 Å². The van der Waals surface area contributed by atoms with E-state index >= 15 is 0 Å². The SMILES string of the molecule is CC(=O)OC(NC(=O)c1ccc(F)cc1[N+](=O)[O-])C1CCCC1. The van der Waals surface area contributed by atoms with Crippen LogP contribution in [-0.4, -0.2) is 23.0 Å². The zero-order valence-electron chi connectivity index (χ0n) is 12.6. The third-order valence-corrected chi connectivity index (χ3v) is 3.80. The molecule has 1 aromatic carbocycles. The summed E-state index contributed by atoms with van der Waals surface area (Å²) >= 11 is 0. The van der Waals surface area contributed by atoms with Crippen molar-refractivity contribution >= 4 is 17.6 Å². The summed E-state index contributed by atoms with van der Waals surface area (Å²) in [6, 6.07) is 2.70. The number of nitrogens with zero attached hydrogens (tertiary/aromatic N) is 1. The summed E-state index contributed by atoms with van der Waals surface area (Å²) in [7, 11) is 0. The molecular formula is C15H17FN2O5. The number of ether oxygens (including phenoxy) is 1. The van der Waals surface area contributed by atoms with Gasteiger partial charge in [0, 0.05) is 12.8 Å². The van der Waals surface area contributed by atoms with Crippen molar-refractivity contribution in [3.63, 3.8) is 0 Å². The van der Waals surface area contributed by atoms with Crippen molar-refractivity contribution in [2.24, 2.45) is 5.92 Å². The number of halogens is 1. The number of nitro benzene ring substituents is 1. The smallest absolute Gasteiger partial charge is 0.304 e. The second-order valence-corrected chi connectivity index (χ2v) is 5.47. The number of carbonyl (C=O) groups is 2. The molecule has 0 aromatic heterocycles. The largest absolute Gasteiger partial charge is 0.442 e. The van der Waals surface area contributed by atoms with Crippen molar-refractivity contribution in [3.05, 3.63) is 39.7 Å². The van der Waals surface area contributed by atoms with Crippen LogP contribution in [0, 0.1) is 21.8 Å². The van der Waals surface area contributed by atoms with Crippen molar-refractivity contribution in [3.8, 4) is 0 Å². The van der Waals surface area contributed by atoms with E-state index in [2.05, 4.69) is 5.32 Å². The molecule has 7 nitrogen and oxygen atoms in total. The van der Waals surface area contributed by atoms with Crippen LogP contribution in [0.15, 0.2) is 18.2 Å². The highest BCUT2D eigenvalue weighted by molar-refractivity contribution is 5.98. The van der Waals surface area contributed by atoms with Gasteiger partial charge >= 0.3 is 5.97 Å². The van der Waals surface area contributed by atoms with Crippen LogP contribution in [0.2, 0.25) is 0 Å². The van der Waals surface area contributed by atoms with E-state index < -0.39 is 34.5 Å². The summed E-state index contributed by atoms with van der Waals surface area (Å²) in [5, 5.41) is 13.5. The first-order valence-corrected chi connectivity index (χ1v) is 7.30. The Morgan fingerprint density at radius 1 is 1.39 bits per heavy atom. The molecule has 1 atom stereocenters. The van der Waals surface area contributed by atoms with Gasteiger partial charge in [-0.15, -0.1) is 0 Å². The first kappa shape index (κ1) is 16.9. The first-order valence-electron chi connectivity index (χ1n) is 7.30. The molecule has 0 saturated heterocycles. The number of hydrogen-bond donors (Lipinski definition) is 1. The zero-order chi connectivity index (χ0) is 17.0. The van der Waals surface area contributed by atoms with Crippen LogP contribution in [0.5, 0.6) is 0 Å². The minimum Gasteiger partial charge on any atom is -0.442 e. The molecule has 0 spiro atoms. The molecule has 1 unspecified atom stereocenters. The highest BCUT2D eigenvalue weighted by atomic mass is 19.1. The molecule has 23 heavy (non-hydrogen) atoms. The molecule has 1 aliphatic rings. The third-order valence-electron chi connectivity index (χ3n) is 3.80. The lowest BCUT2D eigenvalue weighted by Crippen LogP contribution is -2.42. The lowest BCUT2D eigenvalue weighted by atomic mass is 10.1. The van der Waals surface area contributed by atoms with Gasteiger partial charge in [-0.05, 0) is 25.0 Å². The van der Waals surface area contributed by atoms with Gasteiger partial charge in [0.05, 0.1) is 11.0 Å². The summed E-state index contributed by atoms with van der Waals surface area (Å²) in [5.74, 6) is -2.14. The Morgan fingerprint density at radius 2 is 2.04 bits per heavy atom. The van der Waals surface area contributed by atoms with Gasteiger partial charge in [-0.3, -0.25) is 19.7 Å². The average Bonchev–Trinajstić information content (AvgIpc) is 2.99. The fourth-order valence-electron chi connectivity index (χ4n) is 2.74. The Bertz CT molecular complexity index is 628. The van der Waals surface area contributed by atoms with Crippen molar-refractivity contribution in [1.82, 2.24) is 5.32 Å². The van der Waals surface area contributed by atoms with Gasteiger partial charge in [0.15, 0.2) is 6.23 Å². The second-order valence-electron chi connectivity index (χ2n) is 5.47. The molecule has 0 bridgehead atoms. The number of carbonyl (C=O) groups excluding carboxylic acids is 2. The van der Waals surface area contributed by atoms with Crippen LogP contribution in [0.25, 0.3) is 0 Å². The molecule has 124 valence electrons. The van der Waals surface area contributed by atoms with Crippen LogP contribution in [0.4, 0.5) is 10.1 Å². The highest BCUT2D eigenvalue weighted by Gasteiger charge is 2.31. The number of hydrogen-bond acceptors (Lipinski definition) is 5. The van der Waals surface area contributed by atoms with E-state index in [0.29, 0.717) is 6.07 Å². The zero-order valence-corrected chi connectivity index (χ0v) is 12.6. The van der Waals surface area contributed by atoms with E-state index in [0.717, 1.165) is 37.8 Å². The molecule has 1 saturated carbocycles. The van der Waals surface area contributed by atoms with Gasteiger partial charge in [0.1, 0.15) is 11.4 Å². The summed E-state index contributed by atoms with van der Waals surface area (Å²) in [5.41, 5.74) is -0.901. The van der Waals surface area contributed by atoms with E-state index in [4.69, 9.17) is 4.74 Å². The van der Waals surface area contributed by atoms with Crippen molar-refractivity contribution in [2.75, 3.05) is 0 Å². The summed E-state index contributed by atoms with van der Waals surface area (Å²) in [6.45, 7) is 1.23. The maximum atomic E-state index is 13.1. The second kappa shape index (κ2) is 7.17. The van der Waals surface area contributed by atoms with Crippen molar-refractivity contribution in [1.29, 1.82) is 0 Å². The molecule has 1 aromatic rings. The maximum absolute atomic E-state index is 13.1. The Hall–Kier alpha value is -2.51. The molecule has 8 heteroatoms. The number of rotatable bonds is 5. The van der Waals surface area contributed by atoms with E-state index in [9.17, 15) is 24.1 Å². The predicted molar refractivity (Wildman–Crippen MR) is 78.0 cm³/mol. The van der Waals surface area contributed by atoms with Gasteiger partial charge in [0.25, 0.3) is 11.6 Å². The van der Waals surface area contributed by atoms with Crippen LogP contribution in [0.3, 0.4) is 0 Å². The molecule has 0 aliphatic heterocycles. The average molecular weight is 324 g/mol. The van der Waals surface area contributed by atoms with Gasteiger partial charge < -0.3 is 10.1 Å². The molecule has 1 N–H and O–H groups in total. The minimum absolute atomic E-state index is 0.0256. The Labute approximate surface area is 132 Å². The molecular weight excluding hydrogens is 307 g/mol. The fraction of sp³-hybridized carbons (Fsp3) is 0.467. The van der Waals surface area contributed by atoms with E-state index in [1.807, 2.05) is 0 Å². The fourth-order valence-corrected chi connectivity index (χ4v) is 2.74. The maximum Gasteiger partial charge on any atom is 0.304 e. The lowest BCUT2D eigenvalue weighted by molar-refractivity contribution is -0.385. The van der Waals surface area contributed by atoms with Crippen LogP contribution in [-0.2, 0) is 9.53 Å². The molecule has 1 fully saturated rings. The van der Waals surface area contributed by atoms with Crippen molar-refractivity contribution in [2.45, 2.75) is 38.8 Å². The Morgan fingerprint density at radius 3 is 2.61 bits per heavy atom. The highest BCUT2D eigenvalue weighted by Crippen LogP contribution is 2.29. The normalized spacial score (nSPS) is 15.9. The summed E-state index contributed by atoms with van der Waals surface area (Å²) in [6.07, 6.45) is 2.68. The number of amides is 1. The van der Waals surface area contributed by atoms with E-state index in [1.165, 1.54) is 6.92 Å². The number of esters is 1. The lowest BCUT2D eigenvalue weighted by Gasteiger charge is -2.24. The molecule has 1 aliphatic carbocycles. The monoisotopic (exact) mass is 324 g/mol.